The van der Waals surface area contributed by atoms with Crippen molar-refractivity contribution in [3.63, 3.8) is 0 Å². The zero-order valence-corrected chi connectivity index (χ0v) is 11.8. The second kappa shape index (κ2) is 4.21. The van der Waals surface area contributed by atoms with E-state index in [0.717, 1.165) is 27.8 Å². The largest absolute Gasteiger partial charge is 0.360 e. The Bertz CT molecular complexity index is 1130. The van der Waals surface area contributed by atoms with Gasteiger partial charge in [-0.2, -0.15) is 0 Å². The molecule has 22 heavy (non-hydrogen) atoms. The third-order valence-corrected chi connectivity index (χ3v) is 4.25. The summed E-state index contributed by atoms with van der Waals surface area (Å²) < 4.78 is 0. The molecule has 0 radical (unpaired) electrons. The zero-order chi connectivity index (χ0) is 14.5. The Morgan fingerprint density at radius 1 is 0.727 bits per heavy atom. The van der Waals surface area contributed by atoms with Gasteiger partial charge in [0.15, 0.2) is 0 Å². The summed E-state index contributed by atoms with van der Waals surface area (Å²) in [7, 11) is 0. The van der Waals surface area contributed by atoms with E-state index in [4.69, 9.17) is 4.98 Å². The molecule has 3 aromatic heterocycles. The Labute approximate surface area is 126 Å². The Morgan fingerprint density at radius 2 is 1.55 bits per heavy atom. The first kappa shape index (κ1) is 11.6. The van der Waals surface area contributed by atoms with Gasteiger partial charge in [0.05, 0.1) is 16.7 Å². The first-order chi connectivity index (χ1) is 10.9. The van der Waals surface area contributed by atoms with Crippen molar-refractivity contribution in [3.05, 3.63) is 67.0 Å². The second-order valence-electron chi connectivity index (χ2n) is 5.49. The Kier molecular flexibility index (Phi) is 2.22. The van der Waals surface area contributed by atoms with Gasteiger partial charge >= 0.3 is 0 Å². The van der Waals surface area contributed by atoms with E-state index in [-0.39, 0.29) is 0 Å². The van der Waals surface area contributed by atoms with Crippen LogP contribution in [0.4, 0.5) is 0 Å². The Hall–Kier alpha value is -3.07. The molecule has 3 heteroatoms. The van der Waals surface area contributed by atoms with Crippen LogP contribution in [-0.4, -0.2) is 15.0 Å². The predicted octanol–water partition coefficient (Wildman–Crippen LogP) is 4.86. The standard InChI is InChI=1S/C19H13N3/c1-3-7-16-13(6-1)15(11-21-16)19-18-14(9-10-20-18)12-5-2-4-8-17(12)22-19/h1-11,20-21H. The summed E-state index contributed by atoms with van der Waals surface area (Å²) in [5, 5.41) is 3.59. The molecule has 0 saturated heterocycles. The van der Waals surface area contributed by atoms with E-state index < -0.39 is 0 Å². The van der Waals surface area contributed by atoms with Gasteiger partial charge in [0.25, 0.3) is 0 Å². The summed E-state index contributed by atoms with van der Waals surface area (Å²) in [4.78, 5) is 11.6. The van der Waals surface area contributed by atoms with Crippen LogP contribution in [0.2, 0.25) is 0 Å². The summed E-state index contributed by atoms with van der Waals surface area (Å²) in [6.45, 7) is 0. The number of nitrogens with zero attached hydrogens (tertiary/aromatic N) is 1. The fourth-order valence-corrected chi connectivity index (χ4v) is 3.23. The molecule has 3 heterocycles. The molecule has 0 spiro atoms. The summed E-state index contributed by atoms with van der Waals surface area (Å²) in [6, 6.07) is 18.7. The predicted molar refractivity (Wildman–Crippen MR) is 90.9 cm³/mol. The van der Waals surface area contributed by atoms with E-state index >= 15 is 0 Å². The van der Waals surface area contributed by atoms with Crippen LogP contribution in [0.25, 0.3) is 44.0 Å². The van der Waals surface area contributed by atoms with Crippen LogP contribution in [0.1, 0.15) is 0 Å². The summed E-state index contributed by atoms with van der Waals surface area (Å²) in [6.07, 6.45) is 4.03. The molecule has 104 valence electrons. The lowest BCUT2D eigenvalue weighted by molar-refractivity contribution is 1.38. The fraction of sp³-hybridized carbons (Fsp3) is 0. The van der Waals surface area contributed by atoms with E-state index in [2.05, 4.69) is 52.4 Å². The molecule has 2 N–H and O–H groups in total. The number of aromatic amines is 2. The maximum Gasteiger partial charge on any atom is 0.0971 e. The third-order valence-electron chi connectivity index (χ3n) is 4.25. The lowest BCUT2D eigenvalue weighted by Gasteiger charge is -2.06. The number of benzene rings is 2. The number of pyridine rings is 1. The van der Waals surface area contributed by atoms with Crippen LogP contribution in [0.3, 0.4) is 0 Å². The molecule has 0 unspecified atom stereocenters. The lowest BCUT2D eigenvalue weighted by Crippen LogP contribution is -1.87. The quantitative estimate of drug-likeness (QED) is 0.453. The molecular formula is C19H13N3. The lowest BCUT2D eigenvalue weighted by atomic mass is 10.0. The number of aromatic nitrogens is 3. The van der Waals surface area contributed by atoms with Crippen molar-refractivity contribution in [2.75, 3.05) is 0 Å². The molecule has 2 aromatic carbocycles. The van der Waals surface area contributed by atoms with E-state index in [0.29, 0.717) is 0 Å². The average molecular weight is 283 g/mol. The highest BCUT2D eigenvalue weighted by molar-refractivity contribution is 6.12. The van der Waals surface area contributed by atoms with Gasteiger partial charge in [-0.15, -0.1) is 0 Å². The van der Waals surface area contributed by atoms with Crippen molar-refractivity contribution < 1.29 is 0 Å². The maximum absolute atomic E-state index is 4.92. The third kappa shape index (κ3) is 1.48. The van der Waals surface area contributed by atoms with Gasteiger partial charge in [0, 0.05) is 39.6 Å². The number of fused-ring (bicyclic) bond motifs is 4. The van der Waals surface area contributed by atoms with Gasteiger partial charge in [0.2, 0.25) is 0 Å². The van der Waals surface area contributed by atoms with Crippen LogP contribution in [0.15, 0.2) is 67.0 Å². The SMILES string of the molecule is c1ccc2c(c1)nc(-c1c[nH]c3ccccc13)c1[nH]ccc12. The van der Waals surface area contributed by atoms with Crippen LogP contribution < -0.4 is 0 Å². The monoisotopic (exact) mass is 283 g/mol. The Balaban J connectivity index is 1.96. The van der Waals surface area contributed by atoms with E-state index in [1.54, 1.807) is 0 Å². The number of hydrogen-bond acceptors (Lipinski definition) is 1. The van der Waals surface area contributed by atoms with Crippen LogP contribution in [0, 0.1) is 0 Å². The van der Waals surface area contributed by atoms with Crippen molar-refractivity contribution in [3.8, 4) is 11.3 Å². The van der Waals surface area contributed by atoms with Crippen molar-refractivity contribution in [2.45, 2.75) is 0 Å². The van der Waals surface area contributed by atoms with Gasteiger partial charge in [-0.25, -0.2) is 4.98 Å². The number of hydrogen-bond donors (Lipinski definition) is 2. The minimum Gasteiger partial charge on any atom is -0.360 e. The summed E-state index contributed by atoms with van der Waals surface area (Å²) in [5.41, 5.74) is 5.37. The number of para-hydroxylation sites is 2. The van der Waals surface area contributed by atoms with Gasteiger partial charge in [0.1, 0.15) is 0 Å². The first-order valence-electron chi connectivity index (χ1n) is 7.34. The molecular weight excluding hydrogens is 270 g/mol. The number of H-pyrrole nitrogens is 2. The summed E-state index contributed by atoms with van der Waals surface area (Å²) in [5.74, 6) is 0. The van der Waals surface area contributed by atoms with Crippen LogP contribution >= 0.6 is 0 Å². The van der Waals surface area contributed by atoms with Gasteiger partial charge in [-0.05, 0) is 18.2 Å². The highest BCUT2D eigenvalue weighted by Gasteiger charge is 2.14. The molecule has 0 aliphatic carbocycles. The highest BCUT2D eigenvalue weighted by Crippen LogP contribution is 2.34. The second-order valence-corrected chi connectivity index (χ2v) is 5.49. The molecule has 0 amide bonds. The average Bonchev–Trinajstić information content (AvgIpc) is 3.21. The van der Waals surface area contributed by atoms with Crippen molar-refractivity contribution in [2.24, 2.45) is 0 Å². The molecule has 0 fully saturated rings. The smallest absolute Gasteiger partial charge is 0.0971 e. The number of rotatable bonds is 1. The minimum atomic E-state index is 0.996. The van der Waals surface area contributed by atoms with Gasteiger partial charge in [-0.1, -0.05) is 36.4 Å². The molecule has 5 aromatic rings. The van der Waals surface area contributed by atoms with Crippen LogP contribution in [0.5, 0.6) is 0 Å². The molecule has 0 bridgehead atoms. The molecule has 5 rings (SSSR count). The van der Waals surface area contributed by atoms with Crippen molar-refractivity contribution in [1.29, 1.82) is 0 Å². The van der Waals surface area contributed by atoms with Gasteiger partial charge < -0.3 is 9.97 Å². The van der Waals surface area contributed by atoms with Gasteiger partial charge in [-0.3, -0.25) is 0 Å². The fourth-order valence-electron chi connectivity index (χ4n) is 3.23. The molecule has 3 nitrogen and oxygen atoms in total. The summed E-state index contributed by atoms with van der Waals surface area (Å²) >= 11 is 0. The Morgan fingerprint density at radius 3 is 2.50 bits per heavy atom. The molecule has 0 saturated carbocycles. The van der Waals surface area contributed by atoms with E-state index in [1.165, 1.54) is 16.2 Å². The molecule has 0 aliphatic heterocycles. The first-order valence-corrected chi connectivity index (χ1v) is 7.34. The van der Waals surface area contributed by atoms with Crippen molar-refractivity contribution in [1.82, 2.24) is 15.0 Å². The van der Waals surface area contributed by atoms with Crippen LogP contribution in [-0.2, 0) is 0 Å². The molecule has 0 aliphatic rings. The van der Waals surface area contributed by atoms with Crippen molar-refractivity contribution >= 4 is 32.7 Å². The molecule has 0 atom stereocenters. The minimum absolute atomic E-state index is 0.996. The number of nitrogens with one attached hydrogen (secondary N) is 2. The zero-order valence-electron chi connectivity index (χ0n) is 11.8. The van der Waals surface area contributed by atoms with E-state index in [1.807, 2.05) is 24.5 Å². The normalized spacial score (nSPS) is 11.6. The topological polar surface area (TPSA) is 44.5 Å². The maximum atomic E-state index is 4.92. The highest BCUT2D eigenvalue weighted by atomic mass is 14.8. The van der Waals surface area contributed by atoms with E-state index in [9.17, 15) is 0 Å².